The van der Waals surface area contributed by atoms with E-state index in [-0.39, 0.29) is 0 Å². The van der Waals surface area contributed by atoms with E-state index in [1.165, 1.54) is 52.8 Å². The Morgan fingerprint density at radius 1 is 0.769 bits per heavy atom. The van der Waals surface area contributed by atoms with Crippen molar-refractivity contribution in [3.8, 4) is 0 Å². The second-order valence-electron chi connectivity index (χ2n) is 11.5. The van der Waals surface area contributed by atoms with E-state index in [1.54, 1.807) is 0 Å². The van der Waals surface area contributed by atoms with E-state index < -0.39 is 0 Å². The van der Waals surface area contributed by atoms with E-state index in [1.807, 2.05) is 0 Å². The fourth-order valence-electron chi connectivity index (χ4n) is 5.99. The van der Waals surface area contributed by atoms with Crippen molar-refractivity contribution in [1.82, 2.24) is 0 Å². The van der Waals surface area contributed by atoms with E-state index in [4.69, 9.17) is 0 Å². The highest BCUT2D eigenvalue weighted by Crippen LogP contribution is 2.43. The van der Waals surface area contributed by atoms with E-state index in [0.717, 1.165) is 18.5 Å². The summed E-state index contributed by atoms with van der Waals surface area (Å²) >= 11 is 0. The average molecular weight is 359 g/mol. The molecule has 3 aliphatic rings. The predicted molar refractivity (Wildman–Crippen MR) is 112 cm³/mol. The Balaban J connectivity index is 1.77. The highest BCUT2D eigenvalue weighted by Gasteiger charge is 2.61. The van der Waals surface area contributed by atoms with Crippen LogP contribution in [0.2, 0.25) is 0 Å². The van der Waals surface area contributed by atoms with Crippen LogP contribution in [0.3, 0.4) is 0 Å². The minimum atomic E-state index is 0.360. The molecule has 0 aromatic heterocycles. The molecule has 3 aliphatic heterocycles. The summed E-state index contributed by atoms with van der Waals surface area (Å²) in [6.07, 6.45) is 1.16. The van der Waals surface area contributed by atoms with Crippen molar-refractivity contribution >= 4 is 0 Å². The van der Waals surface area contributed by atoms with Crippen LogP contribution in [-0.2, 0) is 13.0 Å². The summed E-state index contributed by atoms with van der Waals surface area (Å²) in [4.78, 5) is 0. The third-order valence-corrected chi connectivity index (χ3v) is 7.82. The number of fused-ring (bicyclic) bond motifs is 3. The normalized spacial score (nSPS) is 34.9. The van der Waals surface area contributed by atoms with Gasteiger partial charge in [-0.05, 0) is 52.0 Å². The molecule has 4 rings (SSSR count). The van der Waals surface area contributed by atoms with Gasteiger partial charge in [0.05, 0.1) is 5.54 Å². The first-order chi connectivity index (χ1) is 11.9. The van der Waals surface area contributed by atoms with Crippen LogP contribution >= 0.6 is 0 Å². The maximum absolute atomic E-state index is 2.52. The zero-order chi connectivity index (χ0) is 19.4. The molecule has 2 heteroatoms. The first-order valence-corrected chi connectivity index (χ1v) is 10.7. The zero-order valence-corrected chi connectivity index (χ0v) is 18.6. The van der Waals surface area contributed by atoms with Gasteiger partial charge in [-0.25, -0.2) is 0 Å². The number of quaternary nitrogens is 2. The molecule has 2 bridgehead atoms. The molecule has 3 heterocycles. The molecule has 2 nitrogen and oxygen atoms in total. The topological polar surface area (TPSA) is 0 Å². The minimum Gasteiger partial charge on any atom is -0.303 e. The van der Waals surface area contributed by atoms with Gasteiger partial charge in [0.2, 0.25) is 0 Å². The number of benzene rings is 1. The fourth-order valence-corrected chi connectivity index (χ4v) is 5.99. The minimum absolute atomic E-state index is 0.360. The first-order valence-electron chi connectivity index (χ1n) is 10.7. The van der Waals surface area contributed by atoms with Gasteiger partial charge in [-0.3, -0.25) is 0 Å². The molecular formula is C24H42N2+2. The van der Waals surface area contributed by atoms with Crippen molar-refractivity contribution in [2.45, 2.75) is 86.0 Å². The molecule has 1 aromatic rings. The second kappa shape index (κ2) is 6.34. The van der Waals surface area contributed by atoms with Crippen molar-refractivity contribution in [3.63, 3.8) is 0 Å². The largest absolute Gasteiger partial charge is 0.303 e. The number of rotatable bonds is 3. The molecule has 2 atom stereocenters. The highest BCUT2D eigenvalue weighted by molar-refractivity contribution is 5.23. The van der Waals surface area contributed by atoms with Crippen molar-refractivity contribution in [1.29, 1.82) is 0 Å². The molecule has 1 aromatic carbocycles. The van der Waals surface area contributed by atoms with Gasteiger partial charge in [0, 0.05) is 5.56 Å². The zero-order valence-electron chi connectivity index (χ0n) is 18.6. The Hall–Kier alpha value is -0.860. The Morgan fingerprint density at radius 3 is 1.73 bits per heavy atom. The Morgan fingerprint density at radius 2 is 1.27 bits per heavy atom. The first kappa shape index (κ1) is 19.9. The molecule has 0 radical (unpaired) electrons. The Labute approximate surface area is 162 Å². The van der Waals surface area contributed by atoms with Crippen LogP contribution in [-0.4, -0.2) is 52.8 Å². The van der Waals surface area contributed by atoms with Crippen molar-refractivity contribution in [3.05, 3.63) is 35.4 Å². The summed E-state index contributed by atoms with van der Waals surface area (Å²) in [6, 6.07) is 11.0. The van der Waals surface area contributed by atoms with Crippen LogP contribution in [0.4, 0.5) is 0 Å². The van der Waals surface area contributed by atoms with Crippen molar-refractivity contribution < 1.29 is 8.97 Å². The smallest absolute Gasteiger partial charge is 0.139 e. The van der Waals surface area contributed by atoms with Gasteiger partial charge in [-0.1, -0.05) is 45.0 Å². The quantitative estimate of drug-likeness (QED) is 0.666. The SMILES string of the molecule is CC1C(C)[N+]2(C(C)(C)C)CC[N+]1(Cc1ccc(CC(C)(C)C)cc1)CC2. The maximum atomic E-state index is 2.52. The average Bonchev–Trinajstić information content (AvgIpc) is 2.52. The molecule has 146 valence electrons. The molecule has 26 heavy (non-hydrogen) atoms. The lowest BCUT2D eigenvalue weighted by atomic mass is 9.84. The summed E-state index contributed by atoms with van der Waals surface area (Å²) in [5.74, 6) is 0. The fraction of sp³-hybridized carbons (Fsp3) is 0.750. The molecular weight excluding hydrogens is 316 g/mol. The summed E-state index contributed by atoms with van der Waals surface area (Å²) in [5, 5.41) is 0. The van der Waals surface area contributed by atoms with E-state index >= 15 is 0 Å². The van der Waals surface area contributed by atoms with Crippen LogP contribution in [0.1, 0.15) is 66.5 Å². The standard InChI is InChI=1S/C24H42N2/c1-19-20(2)26(24(6,7)8)15-13-25(19,14-16-26)18-22-11-9-21(10-12-22)17-23(3,4)5/h9-12,19-20H,13-18H2,1-8H3/q+2. The van der Waals surface area contributed by atoms with Crippen molar-refractivity contribution in [2.75, 3.05) is 26.2 Å². The van der Waals surface area contributed by atoms with Gasteiger partial charge in [0.15, 0.2) is 0 Å². The molecule has 0 N–H and O–H groups in total. The van der Waals surface area contributed by atoms with E-state index in [9.17, 15) is 0 Å². The van der Waals surface area contributed by atoms with Gasteiger partial charge in [-0.2, -0.15) is 0 Å². The number of piperazine rings is 3. The third-order valence-electron chi connectivity index (χ3n) is 7.82. The number of hydrogen-bond acceptors (Lipinski definition) is 0. The van der Waals surface area contributed by atoms with Gasteiger partial charge in [-0.15, -0.1) is 0 Å². The van der Waals surface area contributed by atoms with Crippen LogP contribution in [0, 0.1) is 5.41 Å². The monoisotopic (exact) mass is 358 g/mol. The summed E-state index contributed by atoms with van der Waals surface area (Å²) in [6.45, 7) is 26.0. The van der Waals surface area contributed by atoms with E-state index in [2.05, 4.69) is 79.7 Å². The second-order valence-corrected chi connectivity index (χ2v) is 11.5. The molecule has 2 unspecified atom stereocenters. The molecule has 0 saturated carbocycles. The molecule has 0 amide bonds. The highest BCUT2D eigenvalue weighted by atomic mass is 15.6. The lowest BCUT2D eigenvalue weighted by Gasteiger charge is -2.66. The lowest BCUT2D eigenvalue weighted by Crippen LogP contribution is -2.84. The van der Waals surface area contributed by atoms with Gasteiger partial charge < -0.3 is 8.97 Å². The van der Waals surface area contributed by atoms with Crippen LogP contribution in [0.25, 0.3) is 0 Å². The van der Waals surface area contributed by atoms with Gasteiger partial charge in [0.1, 0.15) is 44.8 Å². The molecule has 0 aliphatic carbocycles. The van der Waals surface area contributed by atoms with Crippen LogP contribution in [0.5, 0.6) is 0 Å². The van der Waals surface area contributed by atoms with Crippen LogP contribution < -0.4 is 0 Å². The lowest BCUT2D eigenvalue weighted by molar-refractivity contribution is -1.13. The summed E-state index contributed by atoms with van der Waals surface area (Å²) in [7, 11) is 0. The van der Waals surface area contributed by atoms with Gasteiger partial charge >= 0.3 is 0 Å². The molecule has 0 spiro atoms. The van der Waals surface area contributed by atoms with Gasteiger partial charge in [0.25, 0.3) is 0 Å². The van der Waals surface area contributed by atoms with Crippen molar-refractivity contribution in [2.24, 2.45) is 5.41 Å². The molecule has 3 fully saturated rings. The Kier molecular flexibility index (Phi) is 4.85. The number of hydrogen-bond donors (Lipinski definition) is 0. The third kappa shape index (κ3) is 3.36. The number of nitrogens with zero attached hydrogens (tertiary/aromatic N) is 2. The van der Waals surface area contributed by atoms with E-state index in [0.29, 0.717) is 11.0 Å². The van der Waals surface area contributed by atoms with Crippen LogP contribution in [0.15, 0.2) is 24.3 Å². The summed E-state index contributed by atoms with van der Waals surface area (Å²) < 4.78 is 2.62. The predicted octanol–water partition coefficient (Wildman–Crippen LogP) is 5.01. The Bertz CT molecular complexity index is 622. The maximum Gasteiger partial charge on any atom is 0.139 e. The summed E-state index contributed by atoms with van der Waals surface area (Å²) in [5.41, 5.74) is 3.72. The molecule has 3 saturated heterocycles.